The van der Waals surface area contributed by atoms with Crippen molar-refractivity contribution in [3.05, 3.63) is 54.7 Å². The quantitative estimate of drug-likeness (QED) is 0.615. The molecule has 3 rings (SSSR count). The first-order valence-electron chi connectivity index (χ1n) is 9.69. The first-order chi connectivity index (χ1) is 13.5. The van der Waals surface area contributed by atoms with Crippen LogP contribution >= 0.6 is 0 Å². The molecule has 28 heavy (non-hydrogen) atoms. The number of rotatable bonds is 9. The normalized spacial score (nSPS) is 13.5. The number of benzene rings is 1. The Hall–Kier alpha value is -2.80. The zero-order valence-electron chi connectivity index (χ0n) is 17.1. The molecular formula is C21H29N7. The minimum absolute atomic E-state index is 0.316. The zero-order chi connectivity index (χ0) is 19.9. The molecule has 2 heterocycles. The molecule has 7 nitrogen and oxygen atoms in total. The fraction of sp³-hybridized carbons (Fsp3) is 0.429. The molecule has 0 aliphatic heterocycles. The Balaban J connectivity index is 1.66. The number of aromatic nitrogens is 5. The number of hydrogen-bond acceptors (Lipinski definition) is 6. The van der Waals surface area contributed by atoms with Crippen LogP contribution in [0.2, 0.25) is 0 Å². The van der Waals surface area contributed by atoms with Crippen molar-refractivity contribution in [3.8, 4) is 11.3 Å². The second kappa shape index (κ2) is 9.41. The maximum absolute atomic E-state index is 4.72. The average molecular weight is 380 g/mol. The summed E-state index contributed by atoms with van der Waals surface area (Å²) in [6.45, 7) is 5.11. The molecule has 2 atom stereocenters. The van der Waals surface area contributed by atoms with E-state index in [0.717, 1.165) is 29.7 Å². The van der Waals surface area contributed by atoms with E-state index in [0.29, 0.717) is 24.6 Å². The van der Waals surface area contributed by atoms with Crippen molar-refractivity contribution in [2.45, 2.75) is 45.3 Å². The lowest BCUT2D eigenvalue weighted by Crippen LogP contribution is -2.27. The van der Waals surface area contributed by atoms with Gasteiger partial charge in [0.2, 0.25) is 5.95 Å². The molecule has 7 heteroatoms. The summed E-state index contributed by atoms with van der Waals surface area (Å²) >= 11 is 0. The van der Waals surface area contributed by atoms with Crippen LogP contribution in [0.1, 0.15) is 32.3 Å². The summed E-state index contributed by atoms with van der Waals surface area (Å²) in [5, 5.41) is 7.60. The lowest BCUT2D eigenvalue weighted by Gasteiger charge is -2.22. The fourth-order valence-corrected chi connectivity index (χ4v) is 2.96. The molecule has 0 fully saturated rings. The summed E-state index contributed by atoms with van der Waals surface area (Å²) in [7, 11) is 4.23. The monoisotopic (exact) mass is 379 g/mol. The van der Waals surface area contributed by atoms with Crippen molar-refractivity contribution in [2.75, 3.05) is 19.4 Å². The van der Waals surface area contributed by atoms with E-state index in [1.165, 1.54) is 0 Å². The van der Waals surface area contributed by atoms with Gasteiger partial charge in [-0.25, -0.2) is 19.6 Å². The van der Waals surface area contributed by atoms with Crippen LogP contribution in [0, 0.1) is 0 Å². The summed E-state index contributed by atoms with van der Waals surface area (Å²) < 4.78 is 1.81. The van der Waals surface area contributed by atoms with Gasteiger partial charge < -0.3 is 10.2 Å². The molecule has 2 unspecified atom stereocenters. The Morgan fingerprint density at radius 1 is 1.14 bits per heavy atom. The third-order valence-corrected chi connectivity index (χ3v) is 4.96. The highest BCUT2D eigenvalue weighted by Crippen LogP contribution is 2.20. The smallest absolute Gasteiger partial charge is 0.223 e. The van der Waals surface area contributed by atoms with Crippen molar-refractivity contribution in [1.82, 2.24) is 29.6 Å². The van der Waals surface area contributed by atoms with E-state index in [1.807, 2.05) is 23.0 Å². The second-order valence-electron chi connectivity index (χ2n) is 7.49. The number of anilines is 1. The van der Waals surface area contributed by atoms with Crippen LogP contribution in [-0.2, 0) is 6.54 Å². The summed E-state index contributed by atoms with van der Waals surface area (Å²) in [5.41, 5.74) is 3.13. The van der Waals surface area contributed by atoms with E-state index < -0.39 is 0 Å². The molecule has 2 aromatic heterocycles. The summed E-state index contributed by atoms with van der Waals surface area (Å²) in [6, 6.07) is 11.1. The van der Waals surface area contributed by atoms with Gasteiger partial charge in [0, 0.05) is 23.8 Å². The first-order valence-corrected chi connectivity index (χ1v) is 9.69. The zero-order valence-corrected chi connectivity index (χ0v) is 17.1. The Labute approximate surface area is 166 Å². The molecule has 0 saturated heterocycles. The molecule has 3 aromatic rings. The largest absolute Gasteiger partial charge is 0.352 e. The molecule has 0 spiro atoms. The maximum atomic E-state index is 4.72. The highest BCUT2D eigenvalue weighted by molar-refractivity contribution is 5.61. The van der Waals surface area contributed by atoms with Gasteiger partial charge in [-0.3, -0.25) is 0 Å². The number of hydrogen-bond donors (Lipinski definition) is 1. The van der Waals surface area contributed by atoms with E-state index in [-0.39, 0.29) is 0 Å². The predicted molar refractivity (Wildman–Crippen MR) is 112 cm³/mol. The van der Waals surface area contributed by atoms with Crippen molar-refractivity contribution in [2.24, 2.45) is 0 Å². The molecule has 0 radical (unpaired) electrons. The minimum Gasteiger partial charge on any atom is -0.352 e. The molecule has 0 amide bonds. The minimum atomic E-state index is 0.316. The molecule has 148 valence electrons. The topological polar surface area (TPSA) is 71.8 Å². The molecule has 0 aliphatic carbocycles. The Morgan fingerprint density at radius 2 is 2.00 bits per heavy atom. The van der Waals surface area contributed by atoms with Crippen LogP contribution < -0.4 is 5.32 Å². The third-order valence-electron chi connectivity index (χ3n) is 4.96. The standard InChI is InChI=1S/C21H29N7/c1-16(8-9-17(2)27(3)4)25-21-23-11-10-20(26-21)19-7-5-6-18(12-19)13-28-15-22-14-24-28/h5-7,10-12,14-17H,8-9,13H2,1-4H3,(H,23,25,26). The highest BCUT2D eigenvalue weighted by atomic mass is 15.3. The van der Waals surface area contributed by atoms with Gasteiger partial charge in [0.25, 0.3) is 0 Å². The van der Waals surface area contributed by atoms with Gasteiger partial charge in [-0.2, -0.15) is 5.10 Å². The van der Waals surface area contributed by atoms with Gasteiger partial charge >= 0.3 is 0 Å². The SMILES string of the molecule is CC(CCC(C)N(C)C)Nc1nccc(-c2cccc(Cn3cncn3)c2)n1. The van der Waals surface area contributed by atoms with E-state index in [1.54, 1.807) is 12.7 Å². The van der Waals surface area contributed by atoms with Crippen molar-refractivity contribution in [3.63, 3.8) is 0 Å². The molecular weight excluding hydrogens is 350 g/mol. The van der Waals surface area contributed by atoms with Gasteiger partial charge in [0.1, 0.15) is 12.7 Å². The van der Waals surface area contributed by atoms with Crippen molar-refractivity contribution >= 4 is 5.95 Å². The lowest BCUT2D eigenvalue weighted by atomic mass is 10.1. The van der Waals surface area contributed by atoms with Gasteiger partial charge in [-0.1, -0.05) is 18.2 Å². The van der Waals surface area contributed by atoms with E-state index in [2.05, 4.69) is 71.4 Å². The van der Waals surface area contributed by atoms with Gasteiger partial charge in [0.15, 0.2) is 0 Å². The first kappa shape index (κ1) is 19.9. The van der Waals surface area contributed by atoms with Crippen LogP contribution in [0.5, 0.6) is 0 Å². The summed E-state index contributed by atoms with van der Waals surface area (Å²) in [4.78, 5) is 15.4. The molecule has 1 aromatic carbocycles. The molecule has 1 N–H and O–H groups in total. The molecule has 0 aliphatic rings. The lowest BCUT2D eigenvalue weighted by molar-refractivity contribution is 0.291. The summed E-state index contributed by atoms with van der Waals surface area (Å²) in [5.74, 6) is 0.671. The molecule has 0 saturated carbocycles. The van der Waals surface area contributed by atoms with Crippen molar-refractivity contribution < 1.29 is 0 Å². The summed E-state index contributed by atoms with van der Waals surface area (Å²) in [6.07, 6.45) is 7.28. The number of nitrogens with zero attached hydrogens (tertiary/aromatic N) is 6. The van der Waals surface area contributed by atoms with E-state index in [4.69, 9.17) is 4.98 Å². The van der Waals surface area contributed by atoms with E-state index in [9.17, 15) is 0 Å². The number of nitrogens with one attached hydrogen (secondary N) is 1. The Morgan fingerprint density at radius 3 is 2.75 bits per heavy atom. The average Bonchev–Trinajstić information content (AvgIpc) is 3.19. The third kappa shape index (κ3) is 5.60. The van der Waals surface area contributed by atoms with Crippen LogP contribution in [0.25, 0.3) is 11.3 Å². The van der Waals surface area contributed by atoms with Crippen LogP contribution in [0.15, 0.2) is 49.2 Å². The van der Waals surface area contributed by atoms with E-state index >= 15 is 0 Å². The van der Waals surface area contributed by atoms with Gasteiger partial charge in [0.05, 0.1) is 12.2 Å². The predicted octanol–water partition coefficient (Wildman–Crippen LogP) is 3.31. The second-order valence-corrected chi connectivity index (χ2v) is 7.49. The fourth-order valence-electron chi connectivity index (χ4n) is 2.96. The van der Waals surface area contributed by atoms with Crippen molar-refractivity contribution in [1.29, 1.82) is 0 Å². The van der Waals surface area contributed by atoms with Crippen LogP contribution in [0.4, 0.5) is 5.95 Å². The van der Waals surface area contributed by atoms with Crippen LogP contribution in [0.3, 0.4) is 0 Å². The highest BCUT2D eigenvalue weighted by Gasteiger charge is 2.10. The maximum Gasteiger partial charge on any atom is 0.223 e. The molecule has 0 bridgehead atoms. The van der Waals surface area contributed by atoms with Crippen LogP contribution in [-0.4, -0.2) is 55.8 Å². The van der Waals surface area contributed by atoms with Gasteiger partial charge in [-0.15, -0.1) is 0 Å². The van der Waals surface area contributed by atoms with Gasteiger partial charge in [-0.05, 0) is 58.5 Å². The Bertz CT molecular complexity index is 861. The Kier molecular flexibility index (Phi) is 6.71.